The molecular formula is C13H18N2O. The Morgan fingerprint density at radius 3 is 2.81 bits per heavy atom. The lowest BCUT2D eigenvalue weighted by Crippen LogP contribution is -2.15. The van der Waals surface area contributed by atoms with Gasteiger partial charge in [0.05, 0.1) is 0 Å². The number of rotatable bonds is 4. The molecule has 16 heavy (non-hydrogen) atoms. The third-order valence-corrected chi connectivity index (χ3v) is 3.04. The number of amides is 1. The van der Waals surface area contributed by atoms with Crippen molar-refractivity contribution in [1.29, 1.82) is 0 Å². The van der Waals surface area contributed by atoms with Crippen molar-refractivity contribution in [3.63, 3.8) is 0 Å². The molecule has 1 atom stereocenters. The van der Waals surface area contributed by atoms with E-state index in [0.29, 0.717) is 6.04 Å². The molecule has 2 N–H and O–H groups in total. The van der Waals surface area contributed by atoms with Crippen molar-refractivity contribution in [1.82, 2.24) is 5.32 Å². The summed E-state index contributed by atoms with van der Waals surface area (Å²) in [5, 5.41) is 6.14. The molecule has 1 aliphatic rings. The second-order valence-corrected chi connectivity index (χ2v) is 4.40. The third kappa shape index (κ3) is 2.61. The summed E-state index contributed by atoms with van der Waals surface area (Å²) in [6.45, 7) is 2.10. The first-order chi connectivity index (χ1) is 7.70. The minimum atomic E-state index is 0.161. The smallest absolute Gasteiger partial charge is 0.227 e. The second kappa shape index (κ2) is 4.66. The molecule has 1 unspecified atom stereocenters. The number of anilines is 1. The summed E-state index contributed by atoms with van der Waals surface area (Å²) in [4.78, 5) is 11.6. The van der Waals surface area contributed by atoms with Gasteiger partial charge in [0, 0.05) is 17.6 Å². The van der Waals surface area contributed by atoms with E-state index in [9.17, 15) is 4.79 Å². The van der Waals surface area contributed by atoms with E-state index >= 15 is 0 Å². The highest BCUT2D eigenvalue weighted by molar-refractivity contribution is 5.94. The highest BCUT2D eigenvalue weighted by Crippen LogP contribution is 2.30. The monoisotopic (exact) mass is 218 g/mol. The molecule has 3 heteroatoms. The molecule has 0 saturated heterocycles. The zero-order valence-corrected chi connectivity index (χ0v) is 9.79. The quantitative estimate of drug-likeness (QED) is 0.814. The van der Waals surface area contributed by atoms with E-state index in [2.05, 4.69) is 23.6 Å². The van der Waals surface area contributed by atoms with Crippen LogP contribution in [0.15, 0.2) is 24.3 Å². The molecule has 1 aromatic carbocycles. The highest BCUT2D eigenvalue weighted by Gasteiger charge is 2.29. The van der Waals surface area contributed by atoms with Gasteiger partial charge in [-0.05, 0) is 44.5 Å². The summed E-state index contributed by atoms with van der Waals surface area (Å²) in [5.41, 5.74) is 2.09. The van der Waals surface area contributed by atoms with Gasteiger partial charge in [-0.15, -0.1) is 0 Å². The fourth-order valence-electron chi connectivity index (χ4n) is 1.64. The molecule has 0 spiro atoms. The van der Waals surface area contributed by atoms with Crippen LogP contribution in [-0.4, -0.2) is 13.0 Å². The molecule has 1 aliphatic carbocycles. The van der Waals surface area contributed by atoms with Gasteiger partial charge in [-0.3, -0.25) is 4.79 Å². The van der Waals surface area contributed by atoms with Crippen molar-refractivity contribution in [2.45, 2.75) is 25.8 Å². The van der Waals surface area contributed by atoms with Crippen LogP contribution in [0.25, 0.3) is 0 Å². The van der Waals surface area contributed by atoms with Gasteiger partial charge >= 0.3 is 0 Å². The number of hydrogen-bond acceptors (Lipinski definition) is 2. The zero-order chi connectivity index (χ0) is 11.5. The van der Waals surface area contributed by atoms with E-state index in [1.165, 1.54) is 5.56 Å². The minimum Gasteiger partial charge on any atom is -0.326 e. The Hall–Kier alpha value is -1.35. The van der Waals surface area contributed by atoms with Crippen molar-refractivity contribution in [2.75, 3.05) is 12.4 Å². The van der Waals surface area contributed by atoms with Crippen LogP contribution < -0.4 is 10.6 Å². The molecule has 1 fully saturated rings. The standard InChI is InChI=1S/C13H18N2O/c1-9(14-2)11-4-3-5-12(8-11)15-13(16)10-6-7-10/h3-5,8-10,14H,6-7H2,1-2H3,(H,15,16). The lowest BCUT2D eigenvalue weighted by Gasteiger charge is -2.12. The Kier molecular flexibility index (Phi) is 3.25. The maximum atomic E-state index is 11.6. The van der Waals surface area contributed by atoms with Crippen molar-refractivity contribution >= 4 is 11.6 Å². The van der Waals surface area contributed by atoms with Crippen LogP contribution in [0.4, 0.5) is 5.69 Å². The maximum absolute atomic E-state index is 11.6. The molecule has 1 aromatic rings. The molecule has 1 amide bonds. The van der Waals surface area contributed by atoms with Crippen LogP contribution in [0.3, 0.4) is 0 Å². The molecule has 1 saturated carbocycles. The average Bonchev–Trinajstić information content (AvgIpc) is 3.12. The molecule has 0 aromatic heterocycles. The van der Waals surface area contributed by atoms with E-state index < -0.39 is 0 Å². The largest absolute Gasteiger partial charge is 0.326 e. The van der Waals surface area contributed by atoms with Gasteiger partial charge in [-0.2, -0.15) is 0 Å². The Morgan fingerprint density at radius 2 is 2.19 bits per heavy atom. The summed E-state index contributed by atoms with van der Waals surface area (Å²) >= 11 is 0. The van der Waals surface area contributed by atoms with Crippen LogP contribution in [0.2, 0.25) is 0 Å². The first-order valence-electron chi connectivity index (χ1n) is 5.79. The Labute approximate surface area is 96.2 Å². The van der Waals surface area contributed by atoms with Crippen LogP contribution >= 0.6 is 0 Å². The van der Waals surface area contributed by atoms with Gasteiger partial charge in [0.25, 0.3) is 0 Å². The summed E-state index contributed by atoms with van der Waals surface area (Å²) in [7, 11) is 1.93. The predicted molar refractivity (Wildman–Crippen MR) is 65.3 cm³/mol. The summed E-state index contributed by atoms with van der Waals surface area (Å²) < 4.78 is 0. The van der Waals surface area contributed by atoms with Crippen LogP contribution in [0.1, 0.15) is 31.4 Å². The van der Waals surface area contributed by atoms with Gasteiger partial charge in [0.15, 0.2) is 0 Å². The normalized spacial score (nSPS) is 16.9. The third-order valence-electron chi connectivity index (χ3n) is 3.04. The van der Waals surface area contributed by atoms with Crippen molar-refractivity contribution in [2.24, 2.45) is 5.92 Å². The Balaban J connectivity index is 2.06. The Bertz CT molecular complexity index is 385. The molecule has 86 valence electrons. The molecule has 0 aliphatic heterocycles. The predicted octanol–water partition coefficient (Wildman–Crippen LogP) is 2.32. The second-order valence-electron chi connectivity index (χ2n) is 4.40. The van der Waals surface area contributed by atoms with E-state index in [1.54, 1.807) is 0 Å². The fourth-order valence-corrected chi connectivity index (χ4v) is 1.64. The van der Waals surface area contributed by atoms with E-state index in [0.717, 1.165) is 18.5 Å². The fraction of sp³-hybridized carbons (Fsp3) is 0.462. The van der Waals surface area contributed by atoms with Crippen LogP contribution in [0, 0.1) is 5.92 Å². The number of carbonyl (C=O) groups excluding carboxylic acids is 1. The van der Waals surface area contributed by atoms with Crippen molar-refractivity contribution < 1.29 is 4.79 Å². The summed E-state index contributed by atoms with van der Waals surface area (Å²) in [6, 6.07) is 8.31. The SMILES string of the molecule is CNC(C)c1cccc(NC(=O)C2CC2)c1. The molecular weight excluding hydrogens is 200 g/mol. The minimum absolute atomic E-state index is 0.161. The first-order valence-corrected chi connectivity index (χ1v) is 5.79. The maximum Gasteiger partial charge on any atom is 0.227 e. The van der Waals surface area contributed by atoms with Crippen LogP contribution in [0.5, 0.6) is 0 Å². The molecule has 0 radical (unpaired) electrons. The zero-order valence-electron chi connectivity index (χ0n) is 9.79. The van der Waals surface area contributed by atoms with Gasteiger partial charge in [-0.1, -0.05) is 12.1 Å². The van der Waals surface area contributed by atoms with E-state index in [-0.39, 0.29) is 11.8 Å². The van der Waals surface area contributed by atoms with E-state index in [1.807, 2.05) is 25.2 Å². The summed E-state index contributed by atoms with van der Waals surface area (Å²) in [6.07, 6.45) is 2.08. The average molecular weight is 218 g/mol. The van der Waals surface area contributed by atoms with Gasteiger partial charge in [0.1, 0.15) is 0 Å². The number of nitrogens with one attached hydrogen (secondary N) is 2. The lowest BCUT2D eigenvalue weighted by atomic mass is 10.1. The van der Waals surface area contributed by atoms with Crippen molar-refractivity contribution in [3.05, 3.63) is 29.8 Å². The van der Waals surface area contributed by atoms with Crippen LogP contribution in [-0.2, 0) is 4.79 Å². The van der Waals surface area contributed by atoms with E-state index in [4.69, 9.17) is 0 Å². The first kappa shape index (κ1) is 11.1. The van der Waals surface area contributed by atoms with Gasteiger partial charge in [0.2, 0.25) is 5.91 Å². The summed E-state index contributed by atoms with van der Waals surface area (Å²) in [5.74, 6) is 0.416. The van der Waals surface area contributed by atoms with Gasteiger partial charge in [-0.25, -0.2) is 0 Å². The molecule has 3 nitrogen and oxygen atoms in total. The number of hydrogen-bond donors (Lipinski definition) is 2. The molecule has 0 bridgehead atoms. The highest BCUT2D eigenvalue weighted by atomic mass is 16.2. The lowest BCUT2D eigenvalue weighted by molar-refractivity contribution is -0.117. The van der Waals surface area contributed by atoms with Gasteiger partial charge < -0.3 is 10.6 Å². The number of benzene rings is 1. The number of carbonyl (C=O) groups is 1. The molecule has 2 rings (SSSR count). The topological polar surface area (TPSA) is 41.1 Å². The molecule has 0 heterocycles. The van der Waals surface area contributed by atoms with Crippen molar-refractivity contribution in [3.8, 4) is 0 Å². The Morgan fingerprint density at radius 1 is 1.44 bits per heavy atom.